The summed E-state index contributed by atoms with van der Waals surface area (Å²) in [4.78, 5) is 9.51. The lowest BCUT2D eigenvalue weighted by Crippen LogP contribution is -2.39. The molecule has 0 heterocycles. The maximum absolute atomic E-state index is 11.8. The molecule has 0 saturated carbocycles. The molecule has 100 valence electrons. The molecule has 0 aliphatic rings. The van der Waals surface area contributed by atoms with E-state index in [1.54, 1.807) is 0 Å². The highest BCUT2D eigenvalue weighted by Crippen LogP contribution is 2.17. The van der Waals surface area contributed by atoms with Gasteiger partial charge in [-0.25, -0.2) is 13.1 Å². The first-order chi connectivity index (χ1) is 8.40. The number of benzene rings is 1. The molecule has 9 heteroatoms. The molecule has 0 aromatic heterocycles. The summed E-state index contributed by atoms with van der Waals surface area (Å²) < 4.78 is 25.6. The van der Waals surface area contributed by atoms with E-state index in [0.717, 1.165) is 12.1 Å². The number of hydrogen-bond acceptors (Lipinski definition) is 6. The summed E-state index contributed by atoms with van der Waals surface area (Å²) in [5.74, 6) is 0. The molecule has 18 heavy (non-hydrogen) atoms. The van der Waals surface area contributed by atoms with Gasteiger partial charge in [0.1, 0.15) is 0 Å². The van der Waals surface area contributed by atoms with Gasteiger partial charge in [0.15, 0.2) is 0 Å². The van der Waals surface area contributed by atoms with E-state index < -0.39 is 34.2 Å². The van der Waals surface area contributed by atoms with Crippen LogP contribution in [0.15, 0.2) is 29.2 Å². The van der Waals surface area contributed by atoms with Crippen LogP contribution in [0.25, 0.3) is 0 Å². The van der Waals surface area contributed by atoms with Crippen molar-refractivity contribution in [3.8, 4) is 0 Å². The van der Waals surface area contributed by atoms with E-state index in [9.17, 15) is 18.5 Å². The zero-order valence-electron chi connectivity index (χ0n) is 9.18. The molecular formula is C9H12N2O6S. The Bertz CT molecular complexity index is 526. The second-order valence-corrected chi connectivity index (χ2v) is 5.15. The zero-order valence-corrected chi connectivity index (χ0v) is 10.0. The molecule has 0 radical (unpaired) electrons. The maximum Gasteiger partial charge on any atom is 0.270 e. The van der Waals surface area contributed by atoms with E-state index in [1.165, 1.54) is 12.1 Å². The summed E-state index contributed by atoms with van der Waals surface area (Å²) in [6.45, 7) is -1.16. The summed E-state index contributed by atoms with van der Waals surface area (Å²) >= 11 is 0. The van der Waals surface area contributed by atoms with Gasteiger partial charge in [-0.15, -0.1) is 0 Å². The number of nitro benzene ring substituents is 1. The number of nitrogens with one attached hydrogen (secondary N) is 1. The Morgan fingerprint density at radius 1 is 1.33 bits per heavy atom. The van der Waals surface area contributed by atoms with Crippen molar-refractivity contribution >= 4 is 15.7 Å². The number of sulfonamides is 1. The third-order valence-electron chi connectivity index (χ3n) is 2.10. The summed E-state index contributed by atoms with van der Waals surface area (Å²) in [6, 6.07) is 3.43. The number of nitrogens with zero attached hydrogens (tertiary/aromatic N) is 1. The first-order valence-corrected chi connectivity index (χ1v) is 6.37. The molecule has 1 rings (SSSR count). The fraction of sp³-hybridized carbons (Fsp3) is 0.333. The van der Waals surface area contributed by atoms with Gasteiger partial charge in [0.05, 0.1) is 29.1 Å². The molecule has 0 unspecified atom stereocenters. The SMILES string of the molecule is O=[N+]([O-])c1cccc(S(=O)(=O)NC(CO)CO)c1. The van der Waals surface area contributed by atoms with Crippen LogP contribution in [-0.2, 0) is 10.0 Å². The van der Waals surface area contributed by atoms with Crippen LogP contribution in [0.4, 0.5) is 5.69 Å². The van der Waals surface area contributed by atoms with Gasteiger partial charge in [0, 0.05) is 12.1 Å². The highest BCUT2D eigenvalue weighted by Gasteiger charge is 2.21. The Hall–Kier alpha value is -1.55. The quantitative estimate of drug-likeness (QED) is 0.462. The van der Waals surface area contributed by atoms with Crippen molar-refractivity contribution in [1.82, 2.24) is 4.72 Å². The number of rotatable bonds is 6. The van der Waals surface area contributed by atoms with Gasteiger partial charge in [0.2, 0.25) is 10.0 Å². The van der Waals surface area contributed by atoms with Crippen molar-refractivity contribution in [2.75, 3.05) is 13.2 Å². The Morgan fingerprint density at radius 3 is 2.44 bits per heavy atom. The standard InChI is InChI=1S/C9H12N2O6S/c12-5-7(6-13)10-18(16,17)9-3-1-2-8(4-9)11(14)15/h1-4,7,10,12-13H,5-6H2. The Labute approximate surface area is 103 Å². The second-order valence-electron chi connectivity index (χ2n) is 3.44. The molecular weight excluding hydrogens is 264 g/mol. The van der Waals surface area contributed by atoms with Gasteiger partial charge in [-0.1, -0.05) is 6.07 Å². The van der Waals surface area contributed by atoms with Crippen molar-refractivity contribution in [1.29, 1.82) is 0 Å². The minimum absolute atomic E-state index is 0.302. The number of hydrogen-bond donors (Lipinski definition) is 3. The highest BCUT2D eigenvalue weighted by atomic mass is 32.2. The number of aliphatic hydroxyl groups excluding tert-OH is 2. The minimum atomic E-state index is -4.01. The molecule has 1 aromatic rings. The van der Waals surface area contributed by atoms with Crippen molar-refractivity contribution in [3.05, 3.63) is 34.4 Å². The van der Waals surface area contributed by atoms with E-state index in [2.05, 4.69) is 0 Å². The molecule has 0 atom stereocenters. The average molecular weight is 276 g/mol. The molecule has 3 N–H and O–H groups in total. The second kappa shape index (κ2) is 5.87. The molecule has 8 nitrogen and oxygen atoms in total. The third kappa shape index (κ3) is 3.47. The lowest BCUT2D eigenvalue weighted by atomic mass is 10.3. The van der Waals surface area contributed by atoms with Gasteiger partial charge in [-0.3, -0.25) is 10.1 Å². The van der Waals surface area contributed by atoms with Gasteiger partial charge in [0.25, 0.3) is 5.69 Å². The molecule has 0 aliphatic heterocycles. The van der Waals surface area contributed by atoms with E-state index in [-0.39, 0.29) is 10.6 Å². The van der Waals surface area contributed by atoms with E-state index in [1.807, 2.05) is 4.72 Å². The Morgan fingerprint density at radius 2 is 1.94 bits per heavy atom. The molecule has 0 fully saturated rings. The maximum atomic E-state index is 11.8. The molecule has 0 saturated heterocycles. The summed E-state index contributed by atoms with van der Waals surface area (Å²) in [6.07, 6.45) is 0. The van der Waals surface area contributed by atoms with E-state index in [4.69, 9.17) is 10.2 Å². The van der Waals surface area contributed by atoms with Crippen molar-refractivity contribution in [2.45, 2.75) is 10.9 Å². The fourth-order valence-electron chi connectivity index (χ4n) is 1.18. The Kier molecular flexibility index (Phi) is 4.73. The van der Waals surface area contributed by atoms with E-state index in [0.29, 0.717) is 0 Å². The predicted molar refractivity (Wildman–Crippen MR) is 61.4 cm³/mol. The van der Waals surface area contributed by atoms with Gasteiger partial charge < -0.3 is 10.2 Å². The third-order valence-corrected chi connectivity index (χ3v) is 3.62. The van der Waals surface area contributed by atoms with Crippen LogP contribution >= 0.6 is 0 Å². The summed E-state index contributed by atoms with van der Waals surface area (Å²) in [7, 11) is -4.01. The molecule has 0 bridgehead atoms. The fourth-order valence-corrected chi connectivity index (χ4v) is 2.44. The first kappa shape index (κ1) is 14.5. The first-order valence-electron chi connectivity index (χ1n) is 4.89. The van der Waals surface area contributed by atoms with Crippen LogP contribution in [-0.4, -0.2) is 42.8 Å². The monoisotopic (exact) mass is 276 g/mol. The molecule has 0 spiro atoms. The summed E-state index contributed by atoms with van der Waals surface area (Å²) in [5, 5.41) is 28.1. The summed E-state index contributed by atoms with van der Waals surface area (Å²) in [5.41, 5.74) is -0.359. The van der Waals surface area contributed by atoms with Gasteiger partial charge in [-0.2, -0.15) is 0 Å². The van der Waals surface area contributed by atoms with Crippen molar-refractivity contribution in [3.63, 3.8) is 0 Å². The van der Waals surface area contributed by atoms with Gasteiger partial charge >= 0.3 is 0 Å². The molecule has 1 aromatic carbocycles. The zero-order chi connectivity index (χ0) is 13.8. The highest BCUT2D eigenvalue weighted by molar-refractivity contribution is 7.89. The largest absolute Gasteiger partial charge is 0.395 e. The van der Waals surface area contributed by atoms with Gasteiger partial charge in [-0.05, 0) is 6.07 Å². The van der Waals surface area contributed by atoms with E-state index >= 15 is 0 Å². The van der Waals surface area contributed by atoms with Crippen molar-refractivity contribution < 1.29 is 23.6 Å². The van der Waals surface area contributed by atoms with Crippen LogP contribution in [0.2, 0.25) is 0 Å². The average Bonchev–Trinajstić information content (AvgIpc) is 2.36. The number of non-ortho nitro benzene ring substituents is 1. The number of aliphatic hydroxyl groups is 2. The van der Waals surface area contributed by atoms with Crippen molar-refractivity contribution in [2.24, 2.45) is 0 Å². The number of nitro groups is 1. The van der Waals surface area contributed by atoms with Crippen LogP contribution < -0.4 is 4.72 Å². The molecule has 0 aliphatic carbocycles. The van der Waals surface area contributed by atoms with Crippen LogP contribution in [0, 0.1) is 10.1 Å². The van der Waals surface area contributed by atoms with Crippen LogP contribution in [0.1, 0.15) is 0 Å². The minimum Gasteiger partial charge on any atom is -0.395 e. The smallest absolute Gasteiger partial charge is 0.270 e. The topological polar surface area (TPSA) is 130 Å². The Balaban J connectivity index is 3.05. The normalized spacial score (nSPS) is 11.7. The molecule has 0 amide bonds. The lowest BCUT2D eigenvalue weighted by molar-refractivity contribution is -0.385. The van der Waals surface area contributed by atoms with Crippen LogP contribution in [0.5, 0.6) is 0 Å². The van der Waals surface area contributed by atoms with Crippen LogP contribution in [0.3, 0.4) is 0 Å². The predicted octanol–water partition coefficient (Wildman–Crippen LogP) is -0.774. The lowest BCUT2D eigenvalue weighted by Gasteiger charge is -2.13.